The van der Waals surface area contributed by atoms with E-state index in [1.165, 1.54) is 5.56 Å². The number of hydrogen-bond acceptors (Lipinski definition) is 5. The molecule has 0 spiro atoms. The van der Waals surface area contributed by atoms with E-state index in [-0.39, 0.29) is 0 Å². The van der Waals surface area contributed by atoms with Gasteiger partial charge in [-0.25, -0.2) is 0 Å². The molecule has 0 aliphatic heterocycles. The number of nitrogens with one attached hydrogen (secondary N) is 1. The Labute approximate surface area is 119 Å². The van der Waals surface area contributed by atoms with Crippen LogP contribution in [0.4, 0.5) is 0 Å². The van der Waals surface area contributed by atoms with Crippen molar-refractivity contribution in [2.75, 3.05) is 13.6 Å². The first kappa shape index (κ1) is 14.7. The van der Waals surface area contributed by atoms with Crippen LogP contribution in [0, 0.1) is 0 Å². The lowest BCUT2D eigenvalue weighted by atomic mass is 10.3. The molecule has 2 rings (SSSR count). The van der Waals surface area contributed by atoms with Gasteiger partial charge in [0, 0.05) is 37.4 Å². The van der Waals surface area contributed by atoms with Crippen LogP contribution in [0.3, 0.4) is 0 Å². The molecule has 110 valence electrons. The third kappa shape index (κ3) is 4.79. The first-order valence-corrected chi connectivity index (χ1v) is 6.95. The zero-order valence-corrected chi connectivity index (χ0v) is 12.4. The van der Waals surface area contributed by atoms with Crippen molar-refractivity contribution in [1.82, 2.24) is 25.2 Å². The van der Waals surface area contributed by atoms with Crippen molar-refractivity contribution in [3.8, 4) is 0 Å². The Kier molecular flexibility index (Phi) is 5.31. The van der Waals surface area contributed by atoms with E-state index < -0.39 is 0 Å². The van der Waals surface area contributed by atoms with E-state index in [1.807, 2.05) is 16.9 Å². The molecule has 0 fully saturated rings. The van der Waals surface area contributed by atoms with Crippen LogP contribution in [0.15, 0.2) is 29.2 Å². The van der Waals surface area contributed by atoms with Gasteiger partial charge in [-0.15, -0.1) is 5.10 Å². The summed E-state index contributed by atoms with van der Waals surface area (Å²) < 4.78 is 6.96. The molecule has 2 aromatic rings. The predicted octanol–water partition coefficient (Wildman–Crippen LogP) is 1.50. The van der Waals surface area contributed by atoms with Gasteiger partial charge in [-0.1, -0.05) is 19.1 Å². The molecule has 2 heterocycles. The molecule has 20 heavy (non-hydrogen) atoms. The van der Waals surface area contributed by atoms with Crippen LogP contribution in [0.5, 0.6) is 0 Å². The van der Waals surface area contributed by atoms with E-state index >= 15 is 0 Å². The molecule has 0 aliphatic carbocycles. The normalized spacial score (nSPS) is 11.7. The summed E-state index contributed by atoms with van der Waals surface area (Å²) in [6, 6.07) is 2.45. The van der Waals surface area contributed by atoms with Crippen molar-refractivity contribution in [1.29, 1.82) is 0 Å². The van der Waals surface area contributed by atoms with E-state index in [4.69, 9.17) is 4.42 Å². The van der Waals surface area contributed by atoms with Crippen LogP contribution in [0.25, 0.3) is 0 Å². The molecule has 1 N–H and O–H groups in total. The second-order valence-electron chi connectivity index (χ2n) is 5.38. The largest absolute Gasteiger partial charge is 0.472 e. The number of rotatable bonds is 8. The van der Waals surface area contributed by atoms with Crippen molar-refractivity contribution < 1.29 is 4.42 Å². The van der Waals surface area contributed by atoms with Gasteiger partial charge in [-0.05, 0) is 13.1 Å². The van der Waals surface area contributed by atoms with E-state index in [2.05, 4.69) is 41.4 Å². The van der Waals surface area contributed by atoms with Crippen LogP contribution in [0.1, 0.15) is 25.1 Å². The van der Waals surface area contributed by atoms with E-state index in [9.17, 15) is 0 Å². The summed E-state index contributed by atoms with van der Waals surface area (Å²) in [5, 5.41) is 11.6. The van der Waals surface area contributed by atoms with Crippen LogP contribution >= 0.6 is 0 Å². The average Bonchev–Trinajstić information content (AvgIpc) is 3.05. The molecule has 6 nitrogen and oxygen atoms in total. The maximum atomic E-state index is 5.07. The number of nitrogens with zero attached hydrogens (tertiary/aromatic N) is 4. The Morgan fingerprint density at radius 1 is 1.45 bits per heavy atom. The van der Waals surface area contributed by atoms with Crippen molar-refractivity contribution in [3.05, 3.63) is 36.0 Å². The molecule has 0 amide bonds. The smallest absolute Gasteiger partial charge is 0.0964 e. The zero-order chi connectivity index (χ0) is 14.4. The quantitative estimate of drug-likeness (QED) is 0.792. The molecule has 0 saturated heterocycles. The highest BCUT2D eigenvalue weighted by Crippen LogP contribution is 2.03. The maximum Gasteiger partial charge on any atom is 0.0964 e. The molecule has 0 atom stereocenters. The monoisotopic (exact) mass is 277 g/mol. The van der Waals surface area contributed by atoms with Gasteiger partial charge in [0.25, 0.3) is 0 Å². The van der Waals surface area contributed by atoms with Gasteiger partial charge in [0.2, 0.25) is 0 Å². The minimum atomic E-state index is 0.459. The molecule has 0 saturated carbocycles. The molecule has 0 aromatic carbocycles. The average molecular weight is 277 g/mol. The summed E-state index contributed by atoms with van der Waals surface area (Å²) in [7, 11) is 2.09. The van der Waals surface area contributed by atoms with Crippen molar-refractivity contribution >= 4 is 0 Å². The fourth-order valence-electron chi connectivity index (χ4n) is 1.88. The Hall–Kier alpha value is -1.66. The van der Waals surface area contributed by atoms with E-state index in [0.717, 1.165) is 31.9 Å². The number of aromatic nitrogens is 3. The Bertz CT molecular complexity index is 491. The lowest BCUT2D eigenvalue weighted by Gasteiger charge is -2.14. The van der Waals surface area contributed by atoms with Crippen LogP contribution in [0.2, 0.25) is 0 Å². The summed E-state index contributed by atoms with van der Waals surface area (Å²) >= 11 is 0. The Morgan fingerprint density at radius 3 is 3.00 bits per heavy atom. The van der Waals surface area contributed by atoms with E-state index in [1.54, 1.807) is 12.5 Å². The van der Waals surface area contributed by atoms with Gasteiger partial charge in [0.05, 0.1) is 24.8 Å². The van der Waals surface area contributed by atoms with Gasteiger partial charge in [-0.2, -0.15) is 0 Å². The molecule has 0 bridgehead atoms. The minimum absolute atomic E-state index is 0.459. The molecule has 0 aliphatic rings. The minimum Gasteiger partial charge on any atom is -0.472 e. The molecule has 0 unspecified atom stereocenters. The summed E-state index contributed by atoms with van der Waals surface area (Å²) in [6.45, 7) is 7.65. The number of likely N-dealkylation sites (N-methyl/N-ethyl adjacent to an activating group) is 1. The van der Waals surface area contributed by atoms with Gasteiger partial charge < -0.3 is 14.6 Å². The number of furan rings is 1. The lowest BCUT2D eigenvalue weighted by molar-refractivity contribution is 0.303. The van der Waals surface area contributed by atoms with Gasteiger partial charge in [-0.3, -0.25) is 4.68 Å². The third-order valence-electron chi connectivity index (χ3n) is 3.02. The highest BCUT2D eigenvalue weighted by molar-refractivity contribution is 5.04. The van der Waals surface area contributed by atoms with Crippen LogP contribution < -0.4 is 5.32 Å². The Balaban J connectivity index is 1.73. The molecule has 6 heteroatoms. The first-order valence-electron chi connectivity index (χ1n) is 6.95. The molecular formula is C14H23N5O. The number of hydrogen-bond donors (Lipinski definition) is 1. The SMILES string of the molecule is CC(C)NCc1cn(CCN(C)Cc2ccoc2)nn1. The summed E-state index contributed by atoms with van der Waals surface area (Å²) in [5.74, 6) is 0. The van der Waals surface area contributed by atoms with Crippen molar-refractivity contribution in [3.63, 3.8) is 0 Å². The van der Waals surface area contributed by atoms with E-state index in [0.29, 0.717) is 6.04 Å². The topological polar surface area (TPSA) is 59.1 Å². The molecular weight excluding hydrogens is 254 g/mol. The molecule has 0 radical (unpaired) electrons. The summed E-state index contributed by atoms with van der Waals surface area (Å²) in [6.07, 6.45) is 5.48. The van der Waals surface area contributed by atoms with Crippen molar-refractivity contribution in [2.45, 2.75) is 39.5 Å². The highest BCUT2D eigenvalue weighted by Gasteiger charge is 2.04. The standard InChI is InChI=1S/C14H23N5O/c1-12(2)15-8-14-10-19(17-16-14)6-5-18(3)9-13-4-7-20-11-13/h4,7,10-12,15H,5-6,8-9H2,1-3H3. The van der Waals surface area contributed by atoms with Crippen LogP contribution in [-0.2, 0) is 19.6 Å². The van der Waals surface area contributed by atoms with Crippen LogP contribution in [-0.4, -0.2) is 39.5 Å². The lowest BCUT2D eigenvalue weighted by Crippen LogP contribution is -2.23. The van der Waals surface area contributed by atoms with Gasteiger partial charge in [0.15, 0.2) is 0 Å². The van der Waals surface area contributed by atoms with Gasteiger partial charge >= 0.3 is 0 Å². The maximum absolute atomic E-state index is 5.07. The van der Waals surface area contributed by atoms with Gasteiger partial charge in [0.1, 0.15) is 0 Å². The Morgan fingerprint density at radius 2 is 2.30 bits per heavy atom. The zero-order valence-electron chi connectivity index (χ0n) is 12.4. The molecule has 2 aromatic heterocycles. The fourth-order valence-corrected chi connectivity index (χ4v) is 1.88. The second kappa shape index (κ2) is 7.21. The highest BCUT2D eigenvalue weighted by atomic mass is 16.3. The van der Waals surface area contributed by atoms with Crippen molar-refractivity contribution in [2.24, 2.45) is 0 Å². The fraction of sp³-hybridized carbons (Fsp3) is 0.571. The third-order valence-corrected chi connectivity index (χ3v) is 3.02. The summed E-state index contributed by atoms with van der Waals surface area (Å²) in [4.78, 5) is 2.23. The predicted molar refractivity (Wildman–Crippen MR) is 77.0 cm³/mol. The first-order chi connectivity index (χ1) is 9.63. The summed E-state index contributed by atoms with van der Waals surface area (Å²) in [5.41, 5.74) is 2.17. The second-order valence-corrected chi connectivity index (χ2v) is 5.38.